The lowest BCUT2D eigenvalue weighted by Gasteiger charge is -2.02. The van der Waals surface area contributed by atoms with Crippen molar-refractivity contribution in [2.24, 2.45) is 0 Å². The molecule has 0 atom stereocenters. The molecule has 0 amide bonds. The van der Waals surface area contributed by atoms with Crippen LogP contribution < -0.4 is 5.73 Å². The molecule has 3 rings (SSSR count). The highest BCUT2D eigenvalue weighted by Gasteiger charge is 2.18. The Morgan fingerprint density at radius 3 is 2.55 bits per heavy atom. The van der Waals surface area contributed by atoms with Crippen molar-refractivity contribution < 1.29 is 13.2 Å². The smallest absolute Gasteiger partial charge is 0.195 e. The molecule has 0 aliphatic rings. The molecular formula is C15H11F3N4. The summed E-state index contributed by atoms with van der Waals surface area (Å²) in [7, 11) is 0. The Morgan fingerprint density at radius 2 is 1.82 bits per heavy atom. The quantitative estimate of drug-likeness (QED) is 0.563. The van der Waals surface area contributed by atoms with Gasteiger partial charge in [0.25, 0.3) is 0 Å². The minimum absolute atomic E-state index is 0.00514. The van der Waals surface area contributed by atoms with E-state index in [1.807, 2.05) is 6.92 Å². The van der Waals surface area contributed by atoms with Crippen molar-refractivity contribution in [3.63, 3.8) is 0 Å². The van der Waals surface area contributed by atoms with E-state index in [4.69, 9.17) is 5.73 Å². The van der Waals surface area contributed by atoms with Gasteiger partial charge in [-0.15, -0.1) is 0 Å². The predicted octanol–water partition coefficient (Wildman–Crippen LogP) is 3.45. The lowest BCUT2D eigenvalue weighted by atomic mass is 10.1. The number of anilines is 1. The van der Waals surface area contributed by atoms with Gasteiger partial charge in [0, 0.05) is 11.3 Å². The summed E-state index contributed by atoms with van der Waals surface area (Å²) in [5.41, 5.74) is 7.74. The van der Waals surface area contributed by atoms with E-state index in [0.29, 0.717) is 11.3 Å². The van der Waals surface area contributed by atoms with Crippen molar-refractivity contribution in [1.82, 2.24) is 15.2 Å². The van der Waals surface area contributed by atoms with E-state index in [0.717, 1.165) is 17.7 Å². The predicted molar refractivity (Wildman–Crippen MR) is 76.3 cm³/mol. The maximum absolute atomic E-state index is 13.8. The summed E-state index contributed by atoms with van der Waals surface area (Å²) in [4.78, 5) is 4.10. The van der Waals surface area contributed by atoms with Gasteiger partial charge in [-0.25, -0.2) is 18.2 Å². The van der Waals surface area contributed by atoms with E-state index in [1.54, 1.807) is 18.2 Å². The third kappa shape index (κ3) is 2.30. The first kappa shape index (κ1) is 14.1. The number of hydrogen-bond acceptors (Lipinski definition) is 3. The highest BCUT2D eigenvalue weighted by molar-refractivity contribution is 5.66. The Morgan fingerprint density at radius 1 is 1.05 bits per heavy atom. The van der Waals surface area contributed by atoms with Crippen LogP contribution in [0.15, 0.2) is 30.3 Å². The number of nitrogens with zero attached hydrogens (tertiary/aromatic N) is 2. The minimum atomic E-state index is -1.55. The first-order valence-electron chi connectivity index (χ1n) is 6.40. The summed E-state index contributed by atoms with van der Waals surface area (Å²) in [6.07, 6.45) is 0. The molecule has 0 saturated heterocycles. The van der Waals surface area contributed by atoms with Crippen LogP contribution in [-0.2, 0) is 0 Å². The molecule has 0 radical (unpaired) electrons. The monoisotopic (exact) mass is 304 g/mol. The molecule has 0 fully saturated rings. The van der Waals surface area contributed by atoms with E-state index in [9.17, 15) is 13.2 Å². The maximum Gasteiger partial charge on any atom is 0.195 e. The summed E-state index contributed by atoms with van der Waals surface area (Å²) in [6, 6.07) is 7.18. The Hall–Kier alpha value is -2.83. The molecule has 0 unspecified atom stereocenters. The molecule has 4 nitrogen and oxygen atoms in total. The Kier molecular flexibility index (Phi) is 3.32. The van der Waals surface area contributed by atoms with Crippen LogP contribution >= 0.6 is 0 Å². The van der Waals surface area contributed by atoms with Crippen LogP contribution in [0, 0.1) is 24.4 Å². The first-order chi connectivity index (χ1) is 10.5. The van der Waals surface area contributed by atoms with Gasteiger partial charge in [-0.3, -0.25) is 5.10 Å². The normalized spacial score (nSPS) is 10.9. The van der Waals surface area contributed by atoms with Gasteiger partial charge in [0.05, 0.1) is 5.56 Å². The van der Waals surface area contributed by atoms with Crippen LogP contribution in [0.2, 0.25) is 0 Å². The van der Waals surface area contributed by atoms with Crippen LogP contribution in [0.4, 0.5) is 18.9 Å². The molecule has 0 bridgehead atoms. The second kappa shape index (κ2) is 5.18. The largest absolute Gasteiger partial charge is 0.398 e. The fraction of sp³-hybridized carbons (Fsp3) is 0.0667. The summed E-state index contributed by atoms with van der Waals surface area (Å²) in [5, 5.41) is 6.46. The standard InChI is InChI=1S/C15H11F3N4/c1-7-2-3-8(6-11(7)19)14-20-15(22-21-14)9-4-5-10(16)13(18)12(9)17/h2-6H,19H2,1H3,(H,20,21,22). The van der Waals surface area contributed by atoms with Crippen LogP contribution in [0.5, 0.6) is 0 Å². The Labute approximate surface area is 123 Å². The van der Waals surface area contributed by atoms with E-state index in [2.05, 4.69) is 15.2 Å². The second-order valence-electron chi connectivity index (χ2n) is 4.80. The second-order valence-corrected chi connectivity index (χ2v) is 4.80. The fourth-order valence-electron chi connectivity index (χ4n) is 2.00. The molecule has 1 aromatic heterocycles. The number of aryl methyl sites for hydroxylation is 1. The summed E-state index contributed by atoms with van der Waals surface area (Å²) in [5.74, 6) is -3.83. The first-order valence-corrected chi connectivity index (χ1v) is 6.40. The molecule has 0 aliphatic carbocycles. The number of rotatable bonds is 2. The summed E-state index contributed by atoms with van der Waals surface area (Å²) >= 11 is 0. The van der Waals surface area contributed by atoms with Gasteiger partial charge in [-0.05, 0) is 30.7 Å². The molecular weight excluding hydrogens is 293 g/mol. The number of aromatic amines is 1. The SMILES string of the molecule is Cc1ccc(-c2n[nH]c(-c3ccc(F)c(F)c3F)n2)cc1N. The summed E-state index contributed by atoms with van der Waals surface area (Å²) in [6.45, 7) is 1.86. The van der Waals surface area contributed by atoms with Crippen molar-refractivity contribution >= 4 is 5.69 Å². The third-order valence-electron chi connectivity index (χ3n) is 3.31. The van der Waals surface area contributed by atoms with Gasteiger partial charge < -0.3 is 5.73 Å². The van der Waals surface area contributed by atoms with Crippen molar-refractivity contribution in [2.45, 2.75) is 6.92 Å². The van der Waals surface area contributed by atoms with Gasteiger partial charge in [-0.1, -0.05) is 12.1 Å². The van der Waals surface area contributed by atoms with Crippen LogP contribution in [0.25, 0.3) is 22.8 Å². The molecule has 3 N–H and O–H groups in total. The molecule has 0 aliphatic heterocycles. The average molecular weight is 304 g/mol. The van der Waals surface area contributed by atoms with Crippen LogP contribution in [-0.4, -0.2) is 15.2 Å². The number of hydrogen-bond donors (Lipinski definition) is 2. The molecule has 7 heteroatoms. The average Bonchev–Trinajstić information content (AvgIpc) is 2.97. The summed E-state index contributed by atoms with van der Waals surface area (Å²) < 4.78 is 40.0. The number of halogens is 3. The molecule has 0 spiro atoms. The highest BCUT2D eigenvalue weighted by atomic mass is 19.2. The fourth-order valence-corrected chi connectivity index (χ4v) is 2.00. The molecule has 112 valence electrons. The van der Waals surface area contributed by atoms with E-state index >= 15 is 0 Å². The van der Waals surface area contributed by atoms with Gasteiger partial charge in [0.2, 0.25) is 0 Å². The van der Waals surface area contributed by atoms with E-state index < -0.39 is 17.5 Å². The van der Waals surface area contributed by atoms with Gasteiger partial charge in [0.15, 0.2) is 29.1 Å². The third-order valence-corrected chi connectivity index (χ3v) is 3.31. The Bertz CT molecular complexity index is 858. The molecule has 22 heavy (non-hydrogen) atoms. The number of nitrogens with one attached hydrogen (secondary N) is 1. The van der Waals surface area contributed by atoms with Crippen LogP contribution in [0.3, 0.4) is 0 Å². The van der Waals surface area contributed by atoms with Gasteiger partial charge in [0.1, 0.15) is 0 Å². The maximum atomic E-state index is 13.8. The number of benzene rings is 2. The van der Waals surface area contributed by atoms with Crippen LogP contribution in [0.1, 0.15) is 5.56 Å². The topological polar surface area (TPSA) is 67.6 Å². The highest BCUT2D eigenvalue weighted by Crippen LogP contribution is 2.26. The van der Waals surface area contributed by atoms with Crippen molar-refractivity contribution in [3.05, 3.63) is 53.3 Å². The number of nitrogen functional groups attached to an aromatic ring is 1. The van der Waals surface area contributed by atoms with Crippen molar-refractivity contribution in [2.75, 3.05) is 5.73 Å². The van der Waals surface area contributed by atoms with E-state index in [1.165, 1.54) is 0 Å². The molecule has 2 aromatic carbocycles. The number of H-pyrrole nitrogens is 1. The molecule has 3 aromatic rings. The lowest BCUT2D eigenvalue weighted by Crippen LogP contribution is -1.95. The molecule has 0 saturated carbocycles. The minimum Gasteiger partial charge on any atom is -0.398 e. The van der Waals surface area contributed by atoms with Gasteiger partial charge in [-0.2, -0.15) is 5.10 Å². The zero-order valence-electron chi connectivity index (χ0n) is 11.5. The van der Waals surface area contributed by atoms with Crippen molar-refractivity contribution in [3.8, 4) is 22.8 Å². The molecule has 1 heterocycles. The zero-order valence-corrected chi connectivity index (χ0v) is 11.5. The number of nitrogens with two attached hydrogens (primary N) is 1. The van der Waals surface area contributed by atoms with Crippen molar-refractivity contribution in [1.29, 1.82) is 0 Å². The Balaban J connectivity index is 2.04. The van der Waals surface area contributed by atoms with E-state index in [-0.39, 0.29) is 17.2 Å². The zero-order chi connectivity index (χ0) is 15.9. The number of aromatic nitrogens is 3. The van der Waals surface area contributed by atoms with Gasteiger partial charge >= 0.3 is 0 Å². The lowest BCUT2D eigenvalue weighted by molar-refractivity contribution is 0.448.